The highest BCUT2D eigenvalue weighted by Crippen LogP contribution is 2.54. The zero-order valence-corrected chi connectivity index (χ0v) is 13.8. The Morgan fingerprint density at radius 1 is 1.18 bits per heavy atom. The smallest absolute Gasteiger partial charge is 0.202 e. The lowest BCUT2D eigenvalue weighted by Gasteiger charge is -2.48. The minimum absolute atomic E-state index is 0.0399. The van der Waals surface area contributed by atoms with Crippen molar-refractivity contribution < 1.29 is 19.3 Å². The van der Waals surface area contributed by atoms with Gasteiger partial charge in [-0.3, -0.25) is 4.79 Å². The standard InChI is InChI=1S/C18H26O4/c1-11(2)12-4-5-17(3)16(8-12)20-18(22-21-17)9-13-6-15(19)7-14(13)10-18/h8,11,13-14,16H,4-7,9-10H2,1-3H3. The van der Waals surface area contributed by atoms with E-state index in [2.05, 4.69) is 26.8 Å². The van der Waals surface area contributed by atoms with Crippen LogP contribution in [0, 0.1) is 17.8 Å². The Kier molecular flexibility index (Phi) is 3.30. The van der Waals surface area contributed by atoms with Gasteiger partial charge in [0.2, 0.25) is 5.79 Å². The maximum absolute atomic E-state index is 11.6. The molecule has 4 atom stereocenters. The Bertz CT molecular complexity index is 507. The van der Waals surface area contributed by atoms with Crippen LogP contribution in [0.25, 0.3) is 0 Å². The quantitative estimate of drug-likeness (QED) is 0.549. The van der Waals surface area contributed by atoms with Crippen molar-refractivity contribution in [2.45, 2.75) is 76.8 Å². The molecule has 0 amide bonds. The summed E-state index contributed by atoms with van der Waals surface area (Å²) >= 11 is 0. The van der Waals surface area contributed by atoms with E-state index in [4.69, 9.17) is 14.5 Å². The van der Waals surface area contributed by atoms with Gasteiger partial charge in [-0.1, -0.05) is 25.5 Å². The van der Waals surface area contributed by atoms with E-state index in [-0.39, 0.29) is 11.7 Å². The van der Waals surface area contributed by atoms with Crippen molar-refractivity contribution in [1.29, 1.82) is 0 Å². The number of allylic oxidation sites excluding steroid dienone is 1. The maximum Gasteiger partial charge on any atom is 0.202 e. The monoisotopic (exact) mass is 306 g/mol. The summed E-state index contributed by atoms with van der Waals surface area (Å²) < 4.78 is 6.46. The zero-order chi connectivity index (χ0) is 15.5. The molecule has 4 heteroatoms. The Labute approximate surface area is 132 Å². The molecule has 0 radical (unpaired) electrons. The van der Waals surface area contributed by atoms with Crippen LogP contribution in [0.15, 0.2) is 11.6 Å². The molecule has 1 heterocycles. The minimum Gasteiger partial charge on any atom is -0.337 e. The number of carbonyl (C=O) groups is 1. The normalized spacial score (nSPS) is 47.7. The van der Waals surface area contributed by atoms with Crippen molar-refractivity contribution >= 4 is 5.78 Å². The molecule has 0 aromatic heterocycles. The molecule has 4 nitrogen and oxygen atoms in total. The molecule has 0 aromatic rings. The van der Waals surface area contributed by atoms with E-state index in [1.54, 1.807) is 0 Å². The topological polar surface area (TPSA) is 44.8 Å². The SMILES string of the molecule is CC(C)C1=CC2OC3(CC4CC(=O)CC4C3)OOC2(C)CC1. The lowest BCUT2D eigenvalue weighted by molar-refractivity contribution is -0.521. The molecule has 122 valence electrons. The third-order valence-corrected chi connectivity index (χ3v) is 6.14. The van der Waals surface area contributed by atoms with E-state index >= 15 is 0 Å². The summed E-state index contributed by atoms with van der Waals surface area (Å²) in [6.07, 6.45) is 7.16. The first-order valence-corrected chi connectivity index (χ1v) is 8.66. The van der Waals surface area contributed by atoms with E-state index in [0.717, 1.165) is 25.7 Å². The summed E-state index contributed by atoms with van der Waals surface area (Å²) in [7, 11) is 0. The number of Topliss-reactive ketones (excluding diaryl/α,β-unsaturated/α-hetero) is 1. The summed E-state index contributed by atoms with van der Waals surface area (Å²) in [5.74, 6) is 1.14. The van der Waals surface area contributed by atoms with Gasteiger partial charge in [-0.05, 0) is 37.5 Å². The second kappa shape index (κ2) is 4.89. The van der Waals surface area contributed by atoms with Crippen molar-refractivity contribution in [1.82, 2.24) is 0 Å². The first-order valence-electron chi connectivity index (χ1n) is 8.66. The molecule has 4 aliphatic rings. The fourth-order valence-electron chi connectivity index (χ4n) is 4.67. The first kappa shape index (κ1) is 14.9. The highest BCUT2D eigenvalue weighted by Gasteiger charge is 2.58. The molecule has 0 bridgehead atoms. The number of rotatable bonds is 1. The predicted octanol–water partition coefficient (Wildman–Crippen LogP) is 3.55. The maximum atomic E-state index is 11.6. The molecule has 0 aromatic carbocycles. The van der Waals surface area contributed by atoms with Crippen LogP contribution in [0.5, 0.6) is 0 Å². The van der Waals surface area contributed by atoms with Crippen LogP contribution in [0.1, 0.15) is 59.3 Å². The van der Waals surface area contributed by atoms with Crippen LogP contribution >= 0.6 is 0 Å². The number of hydrogen-bond acceptors (Lipinski definition) is 4. The minimum atomic E-state index is -0.629. The molecule has 2 saturated carbocycles. The van der Waals surface area contributed by atoms with Gasteiger partial charge >= 0.3 is 0 Å². The van der Waals surface area contributed by atoms with Gasteiger partial charge in [-0.2, -0.15) is 0 Å². The van der Waals surface area contributed by atoms with Crippen LogP contribution < -0.4 is 0 Å². The zero-order valence-electron chi connectivity index (χ0n) is 13.8. The summed E-state index contributed by atoms with van der Waals surface area (Å²) in [6, 6.07) is 0. The molecule has 1 aliphatic heterocycles. The molecule has 3 fully saturated rings. The second-order valence-electron chi connectivity index (χ2n) is 8.20. The highest BCUT2D eigenvalue weighted by atomic mass is 17.2. The van der Waals surface area contributed by atoms with Crippen molar-refractivity contribution in [2.75, 3.05) is 0 Å². The number of carbonyl (C=O) groups excluding carboxylic acids is 1. The van der Waals surface area contributed by atoms with Crippen LogP contribution in [-0.2, 0) is 19.3 Å². The van der Waals surface area contributed by atoms with Crippen molar-refractivity contribution in [2.24, 2.45) is 17.8 Å². The van der Waals surface area contributed by atoms with Gasteiger partial charge in [0.05, 0.1) is 0 Å². The lowest BCUT2D eigenvalue weighted by Crippen LogP contribution is -2.56. The molecule has 4 rings (SSSR count). The van der Waals surface area contributed by atoms with Crippen LogP contribution in [-0.4, -0.2) is 23.3 Å². The summed E-state index contributed by atoms with van der Waals surface area (Å²) in [5.41, 5.74) is 1.08. The summed E-state index contributed by atoms with van der Waals surface area (Å²) in [5, 5.41) is 0. The molecule has 1 spiro atoms. The van der Waals surface area contributed by atoms with E-state index in [1.807, 2.05) is 0 Å². The van der Waals surface area contributed by atoms with E-state index in [0.29, 0.717) is 36.4 Å². The van der Waals surface area contributed by atoms with E-state index in [9.17, 15) is 4.79 Å². The Hall–Kier alpha value is -0.710. The number of ether oxygens (including phenoxy) is 1. The lowest BCUT2D eigenvalue weighted by atomic mass is 9.80. The highest BCUT2D eigenvalue weighted by molar-refractivity contribution is 5.81. The largest absolute Gasteiger partial charge is 0.337 e. The number of hydrogen-bond donors (Lipinski definition) is 0. The molecular weight excluding hydrogens is 280 g/mol. The molecule has 3 aliphatic carbocycles. The molecule has 0 N–H and O–H groups in total. The Morgan fingerprint density at radius 2 is 1.86 bits per heavy atom. The van der Waals surface area contributed by atoms with Gasteiger partial charge in [0.15, 0.2) is 0 Å². The fraction of sp³-hybridized carbons (Fsp3) is 0.833. The van der Waals surface area contributed by atoms with E-state index in [1.165, 1.54) is 5.57 Å². The number of fused-ring (bicyclic) bond motifs is 2. The first-order chi connectivity index (χ1) is 10.4. The van der Waals surface area contributed by atoms with Crippen molar-refractivity contribution in [3.63, 3.8) is 0 Å². The number of ketones is 1. The van der Waals surface area contributed by atoms with Gasteiger partial charge in [-0.25, -0.2) is 9.78 Å². The van der Waals surface area contributed by atoms with Crippen LogP contribution in [0.4, 0.5) is 0 Å². The average Bonchev–Trinajstić information content (AvgIpc) is 2.93. The van der Waals surface area contributed by atoms with Gasteiger partial charge in [-0.15, -0.1) is 0 Å². The third kappa shape index (κ3) is 2.27. The summed E-state index contributed by atoms with van der Waals surface area (Å²) in [4.78, 5) is 23.3. The Morgan fingerprint density at radius 3 is 2.50 bits per heavy atom. The van der Waals surface area contributed by atoms with Crippen molar-refractivity contribution in [3.8, 4) is 0 Å². The van der Waals surface area contributed by atoms with Gasteiger partial charge < -0.3 is 4.74 Å². The molecular formula is C18H26O4. The van der Waals surface area contributed by atoms with Crippen LogP contribution in [0.2, 0.25) is 0 Å². The molecule has 4 unspecified atom stereocenters. The summed E-state index contributed by atoms with van der Waals surface area (Å²) in [6.45, 7) is 6.55. The average molecular weight is 306 g/mol. The van der Waals surface area contributed by atoms with Gasteiger partial charge in [0.25, 0.3) is 0 Å². The molecule has 1 saturated heterocycles. The van der Waals surface area contributed by atoms with Gasteiger partial charge in [0, 0.05) is 25.7 Å². The Balaban J connectivity index is 1.55. The second-order valence-corrected chi connectivity index (χ2v) is 8.20. The third-order valence-electron chi connectivity index (χ3n) is 6.14. The van der Waals surface area contributed by atoms with Crippen molar-refractivity contribution in [3.05, 3.63) is 11.6 Å². The molecule has 22 heavy (non-hydrogen) atoms. The predicted molar refractivity (Wildman–Crippen MR) is 80.8 cm³/mol. The van der Waals surface area contributed by atoms with Gasteiger partial charge in [0.1, 0.15) is 17.5 Å². The van der Waals surface area contributed by atoms with E-state index < -0.39 is 5.79 Å². The van der Waals surface area contributed by atoms with Crippen LogP contribution in [0.3, 0.4) is 0 Å². The fourth-order valence-corrected chi connectivity index (χ4v) is 4.67.